The molecule has 1 aliphatic rings. The molecule has 1 aliphatic heterocycles. The number of hydrogen-bond acceptors (Lipinski definition) is 5. The Morgan fingerprint density at radius 2 is 1.86 bits per heavy atom. The lowest BCUT2D eigenvalue weighted by molar-refractivity contribution is 0.196. The number of hydrogen-bond donors (Lipinski definition) is 4. The topological polar surface area (TPSA) is 93.5 Å². The van der Waals surface area contributed by atoms with Gasteiger partial charge < -0.3 is 26.6 Å². The Hall–Kier alpha value is -3.13. The van der Waals surface area contributed by atoms with Crippen LogP contribution in [0, 0.1) is 18.6 Å². The van der Waals surface area contributed by atoms with Crippen LogP contribution < -0.4 is 21.5 Å². The summed E-state index contributed by atoms with van der Waals surface area (Å²) in [6, 6.07) is 14.6. The van der Waals surface area contributed by atoms with Gasteiger partial charge >= 0.3 is 0 Å². The van der Waals surface area contributed by atoms with E-state index in [-0.39, 0.29) is 29.5 Å². The average Bonchev–Trinajstić information content (AvgIpc) is 3.26. The normalized spacial score (nSPS) is 15.8. The number of ether oxygens (including phenoxy) is 1. The molecule has 37 heavy (non-hydrogen) atoms. The van der Waals surface area contributed by atoms with Crippen molar-refractivity contribution in [1.29, 1.82) is 0 Å². The van der Waals surface area contributed by atoms with E-state index in [9.17, 15) is 0 Å². The zero-order chi connectivity index (χ0) is 27.0. The van der Waals surface area contributed by atoms with Gasteiger partial charge in [0.15, 0.2) is 11.6 Å². The van der Waals surface area contributed by atoms with Crippen LogP contribution in [0.1, 0.15) is 36.0 Å². The van der Waals surface area contributed by atoms with E-state index in [0.29, 0.717) is 29.8 Å². The molecule has 8 heteroatoms. The Balaban J connectivity index is 0.00000121. The summed E-state index contributed by atoms with van der Waals surface area (Å²) < 4.78 is 36.1. The lowest BCUT2D eigenvalue weighted by atomic mass is 9.81. The van der Waals surface area contributed by atoms with Crippen LogP contribution in [-0.4, -0.2) is 24.9 Å². The third kappa shape index (κ3) is 6.06. The lowest BCUT2D eigenvalue weighted by Gasteiger charge is -2.31. The first-order valence-electron chi connectivity index (χ1n) is 12.2. The summed E-state index contributed by atoms with van der Waals surface area (Å²) in [5.74, 6) is -1.25. The highest BCUT2D eigenvalue weighted by atomic mass is 35.5. The van der Waals surface area contributed by atoms with Gasteiger partial charge in [-0.25, -0.2) is 8.78 Å². The molecule has 0 spiro atoms. The SMILES string of the molecule is C=CN.Cc1ccc(OCCO)c(F)c1-c1c(Cl)c(F)cc2c1CC(CCCCN)(c1ccccc1)N2. The van der Waals surface area contributed by atoms with Gasteiger partial charge in [-0.2, -0.15) is 0 Å². The molecule has 0 saturated carbocycles. The third-order valence-corrected chi connectivity index (χ3v) is 6.85. The second-order valence-electron chi connectivity index (χ2n) is 8.95. The minimum Gasteiger partial charge on any atom is -0.488 e. The maximum atomic E-state index is 15.7. The molecule has 0 aromatic heterocycles. The molecule has 0 radical (unpaired) electrons. The molecule has 3 aromatic rings. The fourth-order valence-electron chi connectivity index (χ4n) is 4.85. The first kappa shape index (κ1) is 28.4. The average molecular weight is 530 g/mol. The van der Waals surface area contributed by atoms with Crippen molar-refractivity contribution in [3.63, 3.8) is 0 Å². The molecular weight excluding hydrogens is 496 g/mol. The minimum absolute atomic E-state index is 0.00745. The van der Waals surface area contributed by atoms with Crippen LogP contribution in [0.5, 0.6) is 5.75 Å². The van der Waals surface area contributed by atoms with Crippen molar-refractivity contribution in [1.82, 2.24) is 0 Å². The van der Waals surface area contributed by atoms with Crippen molar-refractivity contribution in [3.8, 4) is 16.9 Å². The number of aliphatic hydroxyl groups is 1. The number of aliphatic hydroxyl groups excluding tert-OH is 1. The third-order valence-electron chi connectivity index (χ3n) is 6.48. The van der Waals surface area contributed by atoms with Crippen molar-refractivity contribution >= 4 is 17.3 Å². The number of unbranched alkanes of at least 4 members (excludes halogenated alkanes) is 1. The molecule has 0 fully saturated rings. The Bertz CT molecular complexity index is 1220. The maximum Gasteiger partial charge on any atom is 0.173 e. The number of halogens is 3. The van der Waals surface area contributed by atoms with Crippen LogP contribution in [0.3, 0.4) is 0 Å². The first-order valence-corrected chi connectivity index (χ1v) is 12.6. The predicted octanol–water partition coefficient (Wildman–Crippen LogP) is 6.05. The monoisotopic (exact) mass is 529 g/mol. The Morgan fingerprint density at radius 1 is 1.16 bits per heavy atom. The van der Waals surface area contributed by atoms with E-state index in [1.54, 1.807) is 13.0 Å². The van der Waals surface area contributed by atoms with Gasteiger partial charge in [0.2, 0.25) is 0 Å². The largest absolute Gasteiger partial charge is 0.488 e. The molecule has 198 valence electrons. The van der Waals surface area contributed by atoms with Gasteiger partial charge in [-0.1, -0.05) is 54.6 Å². The highest BCUT2D eigenvalue weighted by molar-refractivity contribution is 6.34. The van der Waals surface area contributed by atoms with Crippen molar-refractivity contribution in [2.24, 2.45) is 11.5 Å². The Morgan fingerprint density at radius 3 is 2.51 bits per heavy atom. The van der Waals surface area contributed by atoms with Crippen molar-refractivity contribution in [2.75, 3.05) is 25.1 Å². The quantitative estimate of drug-likeness (QED) is 0.253. The molecule has 1 heterocycles. The number of aryl methyl sites for hydroxylation is 1. The van der Waals surface area contributed by atoms with E-state index in [1.165, 1.54) is 18.3 Å². The number of nitrogens with one attached hydrogen (secondary N) is 1. The molecule has 0 amide bonds. The van der Waals surface area contributed by atoms with Crippen molar-refractivity contribution in [3.05, 3.63) is 94.7 Å². The van der Waals surface area contributed by atoms with Gasteiger partial charge in [0.05, 0.1) is 17.2 Å². The van der Waals surface area contributed by atoms with Crippen LogP contribution in [0.25, 0.3) is 11.1 Å². The summed E-state index contributed by atoms with van der Waals surface area (Å²) >= 11 is 6.51. The summed E-state index contributed by atoms with van der Waals surface area (Å²) in [4.78, 5) is 0. The Labute approximate surface area is 222 Å². The molecule has 5 nitrogen and oxygen atoms in total. The van der Waals surface area contributed by atoms with E-state index in [1.807, 2.05) is 30.3 Å². The summed E-state index contributed by atoms with van der Waals surface area (Å²) in [6.07, 6.45) is 4.30. The molecule has 3 aromatic carbocycles. The predicted molar refractivity (Wildman–Crippen MR) is 147 cm³/mol. The van der Waals surface area contributed by atoms with Crippen LogP contribution in [0.4, 0.5) is 14.5 Å². The second-order valence-corrected chi connectivity index (χ2v) is 9.32. The molecule has 6 N–H and O–H groups in total. The van der Waals surface area contributed by atoms with Gasteiger partial charge in [0, 0.05) is 23.2 Å². The molecule has 0 bridgehead atoms. The van der Waals surface area contributed by atoms with Gasteiger partial charge in [-0.15, -0.1) is 0 Å². The zero-order valence-corrected chi connectivity index (χ0v) is 21.8. The minimum atomic E-state index is -0.622. The number of nitrogens with two attached hydrogens (primary N) is 2. The number of rotatable bonds is 9. The van der Waals surface area contributed by atoms with Crippen LogP contribution >= 0.6 is 11.6 Å². The Kier molecular flexibility index (Phi) is 9.92. The first-order chi connectivity index (χ1) is 17.8. The maximum absolute atomic E-state index is 15.7. The van der Waals surface area contributed by atoms with Crippen molar-refractivity contribution in [2.45, 2.75) is 38.1 Å². The van der Waals surface area contributed by atoms with Gasteiger partial charge in [-0.3, -0.25) is 0 Å². The smallest absolute Gasteiger partial charge is 0.173 e. The zero-order valence-electron chi connectivity index (χ0n) is 21.0. The molecular formula is C29H34ClF2N3O2. The van der Waals surface area contributed by atoms with E-state index in [2.05, 4.69) is 17.6 Å². The van der Waals surface area contributed by atoms with Crippen LogP contribution in [0.15, 0.2) is 61.3 Å². The summed E-state index contributed by atoms with van der Waals surface area (Å²) in [5.41, 5.74) is 13.5. The van der Waals surface area contributed by atoms with Crippen LogP contribution in [-0.2, 0) is 12.0 Å². The van der Waals surface area contributed by atoms with Crippen molar-refractivity contribution < 1.29 is 18.6 Å². The molecule has 0 aliphatic carbocycles. The summed E-state index contributed by atoms with van der Waals surface area (Å²) in [6.45, 7) is 5.20. The van der Waals surface area contributed by atoms with E-state index >= 15 is 8.78 Å². The number of anilines is 1. The van der Waals surface area contributed by atoms with Crippen LogP contribution in [0.2, 0.25) is 5.02 Å². The van der Waals surface area contributed by atoms with Gasteiger partial charge in [-0.05, 0) is 67.8 Å². The van der Waals surface area contributed by atoms with Gasteiger partial charge in [0.25, 0.3) is 0 Å². The molecule has 0 saturated heterocycles. The second kappa shape index (κ2) is 12.9. The molecule has 4 rings (SSSR count). The molecule has 1 unspecified atom stereocenters. The van der Waals surface area contributed by atoms with Gasteiger partial charge in [0.1, 0.15) is 12.4 Å². The standard InChI is InChI=1S/C27H29ClF2N2O2.C2H5N/c1-17-9-10-22(34-14-13-33)26(30)23(17)24-19-16-27(11-5-6-12-31,18-7-3-2-4-8-18)32-21(19)15-20(29)25(24)28;1-2-3/h2-4,7-10,15,32-33H,5-6,11-14,16,31H2,1H3;2H,1,3H2. The molecule has 1 atom stereocenters. The summed E-state index contributed by atoms with van der Waals surface area (Å²) in [7, 11) is 0. The fourth-order valence-corrected chi connectivity index (χ4v) is 5.11. The lowest BCUT2D eigenvalue weighted by Crippen LogP contribution is -2.33. The highest BCUT2D eigenvalue weighted by Crippen LogP contribution is 2.50. The fraction of sp³-hybridized carbons (Fsp3) is 0.310. The highest BCUT2D eigenvalue weighted by Gasteiger charge is 2.41. The van der Waals surface area contributed by atoms with E-state index in [0.717, 1.165) is 30.4 Å². The number of benzene rings is 3. The van der Waals surface area contributed by atoms with E-state index < -0.39 is 17.2 Å². The number of fused-ring (bicyclic) bond motifs is 1. The summed E-state index contributed by atoms with van der Waals surface area (Å²) in [5, 5.41) is 12.5. The van der Waals surface area contributed by atoms with E-state index in [4.69, 9.17) is 27.2 Å².